The molecule has 0 saturated heterocycles. The number of benzene rings is 1. The van der Waals surface area contributed by atoms with Gasteiger partial charge < -0.3 is 15.8 Å². The molecule has 7 nitrogen and oxygen atoms in total. The first-order valence-electron chi connectivity index (χ1n) is 7.84. The van der Waals surface area contributed by atoms with Gasteiger partial charge in [-0.05, 0) is 30.9 Å². The quantitative estimate of drug-likeness (QED) is 0.621. The summed E-state index contributed by atoms with van der Waals surface area (Å²) in [5.74, 6) is 0.724. The molecule has 1 aromatic carbocycles. The van der Waals surface area contributed by atoms with Gasteiger partial charge in [0.1, 0.15) is 0 Å². The molecule has 0 bridgehead atoms. The number of para-hydroxylation sites is 1. The number of hydrogen-bond acceptors (Lipinski definition) is 7. The molecule has 0 amide bonds. The van der Waals surface area contributed by atoms with Crippen molar-refractivity contribution in [2.45, 2.75) is 25.9 Å². The van der Waals surface area contributed by atoms with Crippen LogP contribution in [0.2, 0.25) is 0 Å². The Morgan fingerprint density at radius 3 is 2.83 bits per heavy atom. The summed E-state index contributed by atoms with van der Waals surface area (Å²) in [6.45, 7) is -0.0224. The SMILES string of the molecule is Nc1nc(COC(=O)C[C@@H]2C=CCC2)nc(Nc2ccccc2)n1. The van der Waals surface area contributed by atoms with Crippen molar-refractivity contribution in [3.63, 3.8) is 0 Å². The third kappa shape index (κ3) is 4.52. The molecule has 0 spiro atoms. The molecule has 0 fully saturated rings. The third-order valence-electron chi connectivity index (χ3n) is 3.63. The second kappa shape index (κ2) is 7.54. The monoisotopic (exact) mass is 325 g/mol. The van der Waals surface area contributed by atoms with E-state index in [1.54, 1.807) is 0 Å². The maximum atomic E-state index is 11.9. The Morgan fingerprint density at radius 1 is 1.25 bits per heavy atom. The number of nitrogens with one attached hydrogen (secondary N) is 1. The van der Waals surface area contributed by atoms with E-state index >= 15 is 0 Å². The van der Waals surface area contributed by atoms with Crippen LogP contribution in [0.4, 0.5) is 17.6 Å². The summed E-state index contributed by atoms with van der Waals surface area (Å²) in [5, 5.41) is 3.04. The Labute approximate surface area is 140 Å². The van der Waals surface area contributed by atoms with E-state index in [4.69, 9.17) is 10.5 Å². The number of nitrogens with zero attached hydrogens (tertiary/aromatic N) is 3. The summed E-state index contributed by atoms with van der Waals surface area (Å²) in [6.07, 6.45) is 6.55. The standard InChI is InChI=1S/C17H19N5O2/c18-16-20-14(11-24-15(23)10-12-6-4-5-7-12)21-17(22-16)19-13-8-2-1-3-9-13/h1-4,6,8-9,12H,5,7,10-11H2,(H3,18,19,20,21,22)/t12-/m1/s1. The van der Waals surface area contributed by atoms with Gasteiger partial charge in [-0.3, -0.25) is 4.79 Å². The molecule has 0 saturated carbocycles. The molecular weight excluding hydrogens is 306 g/mol. The third-order valence-corrected chi connectivity index (χ3v) is 3.63. The molecule has 0 aliphatic heterocycles. The van der Waals surface area contributed by atoms with Crippen molar-refractivity contribution in [1.29, 1.82) is 0 Å². The van der Waals surface area contributed by atoms with E-state index in [1.807, 2.05) is 30.3 Å². The highest BCUT2D eigenvalue weighted by Crippen LogP contribution is 2.21. The molecule has 124 valence electrons. The Balaban J connectivity index is 1.59. The highest BCUT2D eigenvalue weighted by molar-refractivity contribution is 5.70. The average molecular weight is 325 g/mol. The van der Waals surface area contributed by atoms with Crippen LogP contribution in [0, 0.1) is 5.92 Å². The summed E-state index contributed by atoms with van der Waals surface area (Å²) in [7, 11) is 0. The molecule has 0 unspecified atom stereocenters. The van der Waals surface area contributed by atoms with Crippen LogP contribution in [0.25, 0.3) is 0 Å². The number of nitrogen functional groups attached to an aromatic ring is 1. The molecule has 3 N–H and O–H groups in total. The summed E-state index contributed by atoms with van der Waals surface area (Å²) in [4.78, 5) is 24.1. The summed E-state index contributed by atoms with van der Waals surface area (Å²) >= 11 is 0. The normalized spacial score (nSPS) is 16.1. The van der Waals surface area contributed by atoms with E-state index in [-0.39, 0.29) is 24.4 Å². The maximum Gasteiger partial charge on any atom is 0.306 e. The van der Waals surface area contributed by atoms with Gasteiger partial charge in [-0.1, -0.05) is 30.4 Å². The van der Waals surface area contributed by atoms with Gasteiger partial charge in [-0.2, -0.15) is 15.0 Å². The lowest BCUT2D eigenvalue weighted by molar-refractivity contribution is -0.145. The van der Waals surface area contributed by atoms with Crippen molar-refractivity contribution in [2.24, 2.45) is 5.92 Å². The van der Waals surface area contributed by atoms with Gasteiger partial charge in [0.15, 0.2) is 12.4 Å². The zero-order chi connectivity index (χ0) is 16.8. The van der Waals surface area contributed by atoms with Crippen molar-refractivity contribution in [1.82, 2.24) is 15.0 Å². The second-order valence-electron chi connectivity index (χ2n) is 5.55. The van der Waals surface area contributed by atoms with E-state index in [0.29, 0.717) is 18.2 Å². The number of esters is 1. The van der Waals surface area contributed by atoms with Crippen molar-refractivity contribution >= 4 is 23.6 Å². The van der Waals surface area contributed by atoms with Crippen molar-refractivity contribution in [2.75, 3.05) is 11.1 Å². The molecule has 24 heavy (non-hydrogen) atoms. The largest absolute Gasteiger partial charge is 0.457 e. The minimum Gasteiger partial charge on any atom is -0.457 e. The Hall–Kier alpha value is -2.96. The van der Waals surface area contributed by atoms with Crippen molar-refractivity contribution in [3.8, 4) is 0 Å². The van der Waals surface area contributed by atoms with Gasteiger partial charge in [0, 0.05) is 5.69 Å². The van der Waals surface area contributed by atoms with E-state index in [9.17, 15) is 4.79 Å². The van der Waals surface area contributed by atoms with Gasteiger partial charge in [0.25, 0.3) is 0 Å². The number of aromatic nitrogens is 3. The number of carbonyl (C=O) groups is 1. The summed E-state index contributed by atoms with van der Waals surface area (Å²) < 4.78 is 5.24. The van der Waals surface area contributed by atoms with Crippen molar-refractivity contribution < 1.29 is 9.53 Å². The highest BCUT2D eigenvalue weighted by atomic mass is 16.5. The van der Waals surface area contributed by atoms with Crippen LogP contribution in [0.3, 0.4) is 0 Å². The van der Waals surface area contributed by atoms with Crippen LogP contribution < -0.4 is 11.1 Å². The van der Waals surface area contributed by atoms with Gasteiger partial charge in [0.05, 0.1) is 6.42 Å². The molecule has 1 aliphatic rings. The average Bonchev–Trinajstić information content (AvgIpc) is 3.06. The van der Waals surface area contributed by atoms with E-state index in [2.05, 4.69) is 32.4 Å². The van der Waals surface area contributed by atoms with Crippen LogP contribution in [-0.4, -0.2) is 20.9 Å². The van der Waals surface area contributed by atoms with Gasteiger partial charge in [-0.15, -0.1) is 0 Å². The first-order valence-corrected chi connectivity index (χ1v) is 7.84. The van der Waals surface area contributed by atoms with Gasteiger partial charge in [0.2, 0.25) is 11.9 Å². The number of rotatable bonds is 6. The molecule has 1 aliphatic carbocycles. The van der Waals surface area contributed by atoms with Crippen LogP contribution in [0.1, 0.15) is 25.1 Å². The fourth-order valence-electron chi connectivity index (χ4n) is 2.49. The predicted molar refractivity (Wildman–Crippen MR) is 90.2 cm³/mol. The summed E-state index contributed by atoms with van der Waals surface area (Å²) in [6, 6.07) is 9.47. The molecule has 1 atom stereocenters. The fraction of sp³-hybridized carbons (Fsp3) is 0.294. The zero-order valence-electron chi connectivity index (χ0n) is 13.2. The Morgan fingerprint density at radius 2 is 2.08 bits per heavy atom. The topological polar surface area (TPSA) is 103 Å². The number of carbonyl (C=O) groups excluding carboxylic acids is 1. The molecular formula is C17H19N5O2. The van der Waals surface area contributed by atoms with E-state index in [0.717, 1.165) is 18.5 Å². The van der Waals surface area contributed by atoms with E-state index < -0.39 is 0 Å². The van der Waals surface area contributed by atoms with Gasteiger partial charge >= 0.3 is 5.97 Å². The number of ether oxygens (including phenoxy) is 1. The Bertz CT molecular complexity index is 733. The molecule has 2 aromatic rings. The van der Waals surface area contributed by atoms with E-state index in [1.165, 1.54) is 0 Å². The number of hydrogen-bond donors (Lipinski definition) is 2. The molecule has 1 heterocycles. The van der Waals surface area contributed by atoms with Crippen LogP contribution in [0.15, 0.2) is 42.5 Å². The first-order chi connectivity index (χ1) is 11.7. The maximum absolute atomic E-state index is 11.9. The molecule has 7 heteroatoms. The first kappa shape index (κ1) is 15.9. The lowest BCUT2D eigenvalue weighted by atomic mass is 10.1. The second-order valence-corrected chi connectivity index (χ2v) is 5.55. The zero-order valence-corrected chi connectivity index (χ0v) is 13.2. The lowest BCUT2D eigenvalue weighted by Gasteiger charge is -2.09. The Kier molecular flexibility index (Phi) is 5.00. The van der Waals surface area contributed by atoms with Crippen LogP contribution in [-0.2, 0) is 16.1 Å². The van der Waals surface area contributed by atoms with Gasteiger partial charge in [-0.25, -0.2) is 0 Å². The molecule has 3 rings (SSSR count). The van der Waals surface area contributed by atoms with Crippen LogP contribution >= 0.6 is 0 Å². The van der Waals surface area contributed by atoms with Crippen molar-refractivity contribution in [3.05, 3.63) is 48.3 Å². The number of anilines is 3. The molecule has 0 radical (unpaired) electrons. The minimum atomic E-state index is -0.261. The summed E-state index contributed by atoms with van der Waals surface area (Å²) in [5.41, 5.74) is 6.53. The molecule has 1 aromatic heterocycles. The smallest absolute Gasteiger partial charge is 0.306 e. The fourth-order valence-corrected chi connectivity index (χ4v) is 2.49. The minimum absolute atomic E-state index is 0.0224. The number of allylic oxidation sites excluding steroid dienone is 2. The predicted octanol–water partition coefficient (Wildman–Crippen LogP) is 2.60. The highest BCUT2D eigenvalue weighted by Gasteiger charge is 2.15. The number of nitrogens with two attached hydrogens (primary N) is 1. The van der Waals surface area contributed by atoms with Crippen LogP contribution in [0.5, 0.6) is 0 Å². The lowest BCUT2D eigenvalue weighted by Crippen LogP contribution is -2.12.